The summed E-state index contributed by atoms with van der Waals surface area (Å²) in [6.45, 7) is 6.95. The van der Waals surface area contributed by atoms with Gasteiger partial charge in [-0.3, -0.25) is 0 Å². The lowest BCUT2D eigenvalue weighted by molar-refractivity contribution is 0.184. The van der Waals surface area contributed by atoms with Crippen LogP contribution in [0.25, 0.3) is 0 Å². The average molecular weight is 373 g/mol. The Kier molecular flexibility index (Phi) is 5.72. The molecule has 3 aromatic heterocycles. The first kappa shape index (κ1) is 18.2. The summed E-state index contributed by atoms with van der Waals surface area (Å²) in [7, 11) is 0. The zero-order valence-electron chi connectivity index (χ0n) is 15.1. The van der Waals surface area contributed by atoms with Gasteiger partial charge in [0.2, 0.25) is 0 Å². The van der Waals surface area contributed by atoms with E-state index in [2.05, 4.69) is 29.4 Å². The van der Waals surface area contributed by atoms with Gasteiger partial charge in [-0.1, -0.05) is 6.07 Å². The molecule has 0 saturated carbocycles. The number of amides is 2. The van der Waals surface area contributed by atoms with Crippen molar-refractivity contribution in [2.45, 2.75) is 45.9 Å². The average Bonchev–Trinajstić information content (AvgIpc) is 3.36. The molecule has 0 radical (unpaired) electrons. The summed E-state index contributed by atoms with van der Waals surface area (Å²) in [5, 5.41) is 13.2. The van der Waals surface area contributed by atoms with E-state index >= 15 is 0 Å². The molecule has 0 spiro atoms. The maximum atomic E-state index is 12.9. The largest absolute Gasteiger partial charge is 0.467 e. The highest BCUT2D eigenvalue weighted by Gasteiger charge is 2.22. The highest BCUT2D eigenvalue weighted by Crippen LogP contribution is 2.18. The Hall–Kier alpha value is -2.61. The van der Waals surface area contributed by atoms with Crippen LogP contribution in [0.5, 0.6) is 0 Å². The summed E-state index contributed by atoms with van der Waals surface area (Å²) in [6.07, 6.45) is 3.30. The molecule has 0 fully saturated rings. The topological polar surface area (TPSA) is 76.2 Å². The van der Waals surface area contributed by atoms with Crippen LogP contribution in [-0.4, -0.2) is 25.7 Å². The first-order chi connectivity index (χ1) is 12.5. The predicted molar refractivity (Wildman–Crippen MR) is 99.6 cm³/mol. The Bertz CT molecular complexity index is 774. The Morgan fingerprint density at radius 3 is 2.81 bits per heavy atom. The normalized spacial score (nSPS) is 12.3. The number of nitrogens with one attached hydrogen (secondary N) is 1. The van der Waals surface area contributed by atoms with Crippen molar-refractivity contribution in [2.75, 3.05) is 0 Å². The Balaban J connectivity index is 1.72. The monoisotopic (exact) mass is 373 g/mol. The van der Waals surface area contributed by atoms with Crippen LogP contribution in [0.15, 0.2) is 46.7 Å². The van der Waals surface area contributed by atoms with E-state index in [4.69, 9.17) is 4.42 Å². The van der Waals surface area contributed by atoms with Gasteiger partial charge in [0, 0.05) is 10.9 Å². The zero-order chi connectivity index (χ0) is 18.5. The maximum Gasteiger partial charge on any atom is 0.318 e. The molecule has 0 saturated heterocycles. The smallest absolute Gasteiger partial charge is 0.318 e. The van der Waals surface area contributed by atoms with Gasteiger partial charge < -0.3 is 19.2 Å². The van der Waals surface area contributed by atoms with E-state index in [1.807, 2.05) is 41.1 Å². The van der Waals surface area contributed by atoms with Gasteiger partial charge in [0.05, 0.1) is 25.4 Å². The molecule has 7 nitrogen and oxygen atoms in total. The summed E-state index contributed by atoms with van der Waals surface area (Å²) in [6, 6.07) is 7.50. The second-order valence-electron chi connectivity index (χ2n) is 6.38. The van der Waals surface area contributed by atoms with Gasteiger partial charge in [-0.05, 0) is 44.4 Å². The quantitative estimate of drug-likeness (QED) is 0.679. The number of thiophene rings is 1. The molecule has 2 amide bonds. The lowest BCUT2D eigenvalue weighted by atomic mass is 10.3. The predicted octanol–water partition coefficient (Wildman–Crippen LogP) is 3.99. The standard InChI is InChI=1S/C18H23N5O2S/c1-13(2)23-12-19-21-17(23)14(3)20-18(24)22(10-15-6-4-8-25-15)11-16-7-5-9-26-16/h4-9,12-14H,10-11H2,1-3H3,(H,20,24). The van der Waals surface area contributed by atoms with Gasteiger partial charge in [-0.15, -0.1) is 21.5 Å². The highest BCUT2D eigenvalue weighted by atomic mass is 32.1. The number of nitrogens with zero attached hydrogens (tertiary/aromatic N) is 4. The molecular formula is C18H23N5O2S. The van der Waals surface area contributed by atoms with Crippen molar-refractivity contribution in [2.24, 2.45) is 0 Å². The Morgan fingerprint density at radius 1 is 1.31 bits per heavy atom. The third-order valence-electron chi connectivity index (χ3n) is 4.03. The van der Waals surface area contributed by atoms with Gasteiger partial charge >= 0.3 is 6.03 Å². The van der Waals surface area contributed by atoms with Crippen molar-refractivity contribution < 1.29 is 9.21 Å². The molecule has 26 heavy (non-hydrogen) atoms. The molecule has 8 heteroatoms. The summed E-state index contributed by atoms with van der Waals surface area (Å²) in [5.41, 5.74) is 0. The van der Waals surface area contributed by atoms with E-state index in [0.29, 0.717) is 13.1 Å². The summed E-state index contributed by atoms with van der Waals surface area (Å²) in [4.78, 5) is 15.8. The van der Waals surface area contributed by atoms with Crippen LogP contribution >= 0.6 is 11.3 Å². The number of carbonyl (C=O) groups is 1. The first-order valence-corrected chi connectivity index (χ1v) is 9.42. The SMILES string of the molecule is CC(NC(=O)N(Cc1ccco1)Cc1cccs1)c1nncn1C(C)C. The summed E-state index contributed by atoms with van der Waals surface area (Å²) in [5.74, 6) is 1.48. The molecule has 3 rings (SSSR count). The molecule has 0 aliphatic heterocycles. The van der Waals surface area contributed by atoms with E-state index in [1.54, 1.807) is 28.8 Å². The van der Waals surface area contributed by atoms with E-state index in [0.717, 1.165) is 16.5 Å². The fourth-order valence-electron chi connectivity index (χ4n) is 2.68. The highest BCUT2D eigenvalue weighted by molar-refractivity contribution is 7.09. The number of furan rings is 1. The molecule has 0 bridgehead atoms. The van der Waals surface area contributed by atoms with Crippen LogP contribution in [0.1, 0.15) is 49.3 Å². The van der Waals surface area contributed by atoms with Crippen molar-refractivity contribution in [1.82, 2.24) is 25.0 Å². The number of urea groups is 1. The number of carbonyl (C=O) groups excluding carboxylic acids is 1. The van der Waals surface area contributed by atoms with Crippen molar-refractivity contribution in [3.8, 4) is 0 Å². The second-order valence-corrected chi connectivity index (χ2v) is 7.41. The Labute approximate surface area is 156 Å². The minimum absolute atomic E-state index is 0.166. The van der Waals surface area contributed by atoms with Crippen molar-refractivity contribution in [1.29, 1.82) is 0 Å². The minimum atomic E-state index is -0.255. The van der Waals surface area contributed by atoms with E-state index in [-0.39, 0.29) is 18.1 Å². The fourth-order valence-corrected chi connectivity index (χ4v) is 3.40. The third-order valence-corrected chi connectivity index (χ3v) is 4.89. The van der Waals surface area contributed by atoms with Gasteiger partial charge in [-0.25, -0.2) is 4.79 Å². The number of rotatable bonds is 7. The number of aromatic nitrogens is 3. The van der Waals surface area contributed by atoms with E-state index in [1.165, 1.54) is 0 Å². The maximum absolute atomic E-state index is 12.9. The minimum Gasteiger partial charge on any atom is -0.467 e. The lowest BCUT2D eigenvalue weighted by Gasteiger charge is -2.24. The molecule has 0 aromatic carbocycles. The lowest BCUT2D eigenvalue weighted by Crippen LogP contribution is -2.40. The van der Waals surface area contributed by atoms with Gasteiger partial charge in [-0.2, -0.15) is 0 Å². The molecule has 138 valence electrons. The van der Waals surface area contributed by atoms with Crippen LogP contribution < -0.4 is 5.32 Å². The summed E-state index contributed by atoms with van der Waals surface area (Å²) >= 11 is 1.63. The second kappa shape index (κ2) is 8.18. The van der Waals surface area contributed by atoms with Crippen molar-refractivity contribution >= 4 is 17.4 Å². The fraction of sp³-hybridized carbons (Fsp3) is 0.389. The van der Waals surface area contributed by atoms with Crippen LogP contribution in [0.2, 0.25) is 0 Å². The molecule has 0 aliphatic carbocycles. The van der Waals surface area contributed by atoms with Crippen molar-refractivity contribution in [3.05, 3.63) is 58.7 Å². The van der Waals surface area contributed by atoms with Gasteiger partial charge in [0.25, 0.3) is 0 Å². The van der Waals surface area contributed by atoms with Gasteiger partial charge in [0.15, 0.2) is 5.82 Å². The molecule has 3 aromatic rings. The van der Waals surface area contributed by atoms with Gasteiger partial charge in [0.1, 0.15) is 12.1 Å². The van der Waals surface area contributed by atoms with E-state index < -0.39 is 0 Å². The third kappa shape index (κ3) is 4.32. The zero-order valence-corrected chi connectivity index (χ0v) is 15.9. The molecular weight excluding hydrogens is 350 g/mol. The van der Waals surface area contributed by atoms with Crippen LogP contribution in [0.3, 0.4) is 0 Å². The molecule has 1 unspecified atom stereocenters. The molecule has 1 atom stereocenters. The summed E-state index contributed by atoms with van der Waals surface area (Å²) < 4.78 is 7.38. The Morgan fingerprint density at radius 2 is 2.15 bits per heavy atom. The van der Waals surface area contributed by atoms with E-state index in [9.17, 15) is 4.79 Å². The van der Waals surface area contributed by atoms with Crippen LogP contribution in [0.4, 0.5) is 4.79 Å². The van der Waals surface area contributed by atoms with Crippen LogP contribution in [-0.2, 0) is 13.1 Å². The molecule has 1 N–H and O–H groups in total. The van der Waals surface area contributed by atoms with Crippen LogP contribution in [0, 0.1) is 0 Å². The van der Waals surface area contributed by atoms with Crippen molar-refractivity contribution in [3.63, 3.8) is 0 Å². The number of hydrogen-bond acceptors (Lipinski definition) is 5. The molecule has 3 heterocycles. The molecule has 0 aliphatic rings. The number of hydrogen-bond donors (Lipinski definition) is 1. The first-order valence-electron chi connectivity index (χ1n) is 8.54.